The minimum atomic E-state index is -0.815. The summed E-state index contributed by atoms with van der Waals surface area (Å²) in [5.74, 6) is 0.460. The number of fused-ring (bicyclic) bond motifs is 2. The molecule has 1 aromatic carbocycles. The van der Waals surface area contributed by atoms with Crippen LogP contribution in [-0.2, 0) is 14.4 Å². The SMILES string of the molecule is NC(=O)[C@@H](N)CCC(=O)N1CC[C@@H]2[C@@H]1CCN2C(=O)C1COc2ccccc2O1. The first-order valence-electron chi connectivity index (χ1n) is 9.99. The Morgan fingerprint density at radius 2 is 1.72 bits per heavy atom. The summed E-state index contributed by atoms with van der Waals surface area (Å²) in [4.78, 5) is 40.4. The maximum Gasteiger partial charge on any atom is 0.267 e. The van der Waals surface area contributed by atoms with Crippen molar-refractivity contribution in [1.82, 2.24) is 9.80 Å². The number of para-hydroxylation sites is 2. The van der Waals surface area contributed by atoms with Crippen LogP contribution in [0.4, 0.5) is 0 Å². The van der Waals surface area contributed by atoms with Gasteiger partial charge in [0.2, 0.25) is 17.9 Å². The number of hydrogen-bond acceptors (Lipinski definition) is 6. The van der Waals surface area contributed by atoms with Crippen molar-refractivity contribution in [3.05, 3.63) is 24.3 Å². The van der Waals surface area contributed by atoms with Crippen LogP contribution in [-0.4, -0.2) is 71.4 Å². The molecule has 29 heavy (non-hydrogen) atoms. The van der Waals surface area contributed by atoms with Gasteiger partial charge in [-0.1, -0.05) is 12.1 Å². The van der Waals surface area contributed by atoms with Crippen LogP contribution in [0.1, 0.15) is 25.7 Å². The number of carbonyl (C=O) groups is 3. The highest BCUT2D eigenvalue weighted by Crippen LogP contribution is 2.35. The van der Waals surface area contributed by atoms with Gasteiger partial charge in [0, 0.05) is 19.5 Å². The number of nitrogens with two attached hydrogens (primary N) is 2. The molecule has 4 N–H and O–H groups in total. The predicted molar refractivity (Wildman–Crippen MR) is 103 cm³/mol. The Labute approximate surface area is 168 Å². The molecule has 0 bridgehead atoms. The van der Waals surface area contributed by atoms with Crippen LogP contribution in [0.25, 0.3) is 0 Å². The average Bonchev–Trinajstić information content (AvgIpc) is 3.33. The van der Waals surface area contributed by atoms with Crippen LogP contribution in [0, 0.1) is 0 Å². The van der Waals surface area contributed by atoms with Crippen LogP contribution in [0.5, 0.6) is 11.5 Å². The van der Waals surface area contributed by atoms with Crippen LogP contribution >= 0.6 is 0 Å². The van der Waals surface area contributed by atoms with Gasteiger partial charge in [-0.15, -0.1) is 0 Å². The summed E-state index contributed by atoms with van der Waals surface area (Å²) in [5.41, 5.74) is 10.8. The van der Waals surface area contributed by atoms with Gasteiger partial charge in [-0.25, -0.2) is 0 Å². The lowest BCUT2D eigenvalue weighted by Gasteiger charge is -2.31. The predicted octanol–water partition coefficient (Wildman–Crippen LogP) is -0.379. The van der Waals surface area contributed by atoms with E-state index in [1.165, 1.54) is 0 Å². The summed E-state index contributed by atoms with van der Waals surface area (Å²) in [6.45, 7) is 1.35. The Kier molecular flexibility index (Phi) is 5.31. The lowest BCUT2D eigenvalue weighted by molar-refractivity contribution is -0.142. The zero-order valence-corrected chi connectivity index (χ0v) is 16.2. The molecule has 3 aliphatic rings. The molecule has 4 atom stereocenters. The molecule has 9 nitrogen and oxygen atoms in total. The molecular weight excluding hydrogens is 376 g/mol. The third-order valence-corrected chi connectivity index (χ3v) is 6.00. The van der Waals surface area contributed by atoms with E-state index >= 15 is 0 Å². The number of likely N-dealkylation sites (tertiary alicyclic amines) is 2. The Balaban J connectivity index is 1.36. The fourth-order valence-corrected chi connectivity index (χ4v) is 4.46. The van der Waals surface area contributed by atoms with E-state index in [2.05, 4.69) is 0 Å². The van der Waals surface area contributed by atoms with Gasteiger partial charge in [-0.3, -0.25) is 14.4 Å². The van der Waals surface area contributed by atoms with E-state index in [0.29, 0.717) is 24.6 Å². The number of hydrogen-bond donors (Lipinski definition) is 2. The van der Waals surface area contributed by atoms with Crippen molar-refractivity contribution < 1.29 is 23.9 Å². The van der Waals surface area contributed by atoms with Crippen molar-refractivity contribution in [2.24, 2.45) is 11.5 Å². The van der Waals surface area contributed by atoms with Crippen LogP contribution in [0.2, 0.25) is 0 Å². The van der Waals surface area contributed by atoms with Gasteiger partial charge in [0.1, 0.15) is 6.61 Å². The molecule has 4 rings (SSSR count). The van der Waals surface area contributed by atoms with Crippen molar-refractivity contribution in [2.75, 3.05) is 19.7 Å². The largest absolute Gasteiger partial charge is 0.485 e. The van der Waals surface area contributed by atoms with E-state index in [1.807, 2.05) is 28.0 Å². The van der Waals surface area contributed by atoms with E-state index in [9.17, 15) is 14.4 Å². The number of ether oxygens (including phenoxy) is 2. The summed E-state index contributed by atoms with van der Waals surface area (Å²) in [5, 5.41) is 0. The Morgan fingerprint density at radius 1 is 1.07 bits per heavy atom. The molecule has 2 fully saturated rings. The number of carbonyl (C=O) groups excluding carboxylic acids is 3. The molecule has 0 radical (unpaired) electrons. The maximum atomic E-state index is 13.1. The first kappa shape index (κ1) is 19.5. The molecule has 3 aliphatic heterocycles. The lowest BCUT2D eigenvalue weighted by atomic mass is 10.1. The fourth-order valence-electron chi connectivity index (χ4n) is 4.46. The molecule has 156 valence electrons. The number of amides is 3. The van der Waals surface area contributed by atoms with E-state index in [0.717, 1.165) is 12.8 Å². The first-order chi connectivity index (χ1) is 14.0. The Bertz CT molecular complexity index is 816. The third kappa shape index (κ3) is 3.74. The second kappa shape index (κ2) is 7.90. The average molecular weight is 402 g/mol. The molecule has 3 amide bonds. The van der Waals surface area contributed by atoms with Gasteiger partial charge in [0.25, 0.3) is 5.91 Å². The second-order valence-corrected chi connectivity index (χ2v) is 7.74. The third-order valence-electron chi connectivity index (χ3n) is 6.00. The highest BCUT2D eigenvalue weighted by Gasteiger charge is 2.47. The standard InChI is InChI=1S/C20H26N4O5/c21-12(19(22)26)5-6-18(25)23-9-7-14-13(23)8-10-24(14)20(27)17-11-28-15-3-1-2-4-16(15)29-17/h1-4,12-14,17H,5-11,21H2,(H2,22,26)/t12-,13-,14+,17?/m0/s1. The maximum absolute atomic E-state index is 13.1. The van der Waals surface area contributed by atoms with E-state index < -0.39 is 18.1 Å². The summed E-state index contributed by atoms with van der Waals surface area (Å²) in [6, 6.07) is 6.46. The van der Waals surface area contributed by atoms with Gasteiger partial charge >= 0.3 is 0 Å². The van der Waals surface area contributed by atoms with Crippen LogP contribution in [0.15, 0.2) is 24.3 Å². The van der Waals surface area contributed by atoms with Crippen molar-refractivity contribution in [1.29, 1.82) is 0 Å². The van der Waals surface area contributed by atoms with Gasteiger partial charge in [-0.2, -0.15) is 0 Å². The quantitative estimate of drug-likeness (QED) is 0.691. The highest BCUT2D eigenvalue weighted by atomic mass is 16.6. The normalized spacial score (nSPS) is 26.2. The topological polar surface area (TPSA) is 128 Å². The number of nitrogens with zero attached hydrogens (tertiary/aromatic N) is 2. The first-order valence-corrected chi connectivity index (χ1v) is 9.99. The lowest BCUT2D eigenvalue weighted by Crippen LogP contribution is -2.49. The second-order valence-electron chi connectivity index (χ2n) is 7.74. The molecule has 0 aromatic heterocycles. The summed E-state index contributed by atoms with van der Waals surface area (Å²) < 4.78 is 11.5. The Hall–Kier alpha value is -2.81. The summed E-state index contributed by atoms with van der Waals surface area (Å²) >= 11 is 0. The molecule has 1 aromatic rings. The molecule has 0 saturated carbocycles. The van der Waals surface area contributed by atoms with Crippen molar-refractivity contribution in [3.8, 4) is 11.5 Å². The zero-order chi connectivity index (χ0) is 20.5. The molecule has 1 unspecified atom stereocenters. The van der Waals surface area contributed by atoms with E-state index in [1.54, 1.807) is 6.07 Å². The summed E-state index contributed by atoms with van der Waals surface area (Å²) in [6.07, 6.45) is 1.19. The number of rotatable bonds is 5. The molecule has 2 saturated heterocycles. The minimum Gasteiger partial charge on any atom is -0.485 e. The number of primary amides is 1. The van der Waals surface area contributed by atoms with Gasteiger partial charge in [-0.05, 0) is 31.4 Å². The molecular formula is C20H26N4O5. The summed E-state index contributed by atoms with van der Waals surface area (Å²) in [7, 11) is 0. The van der Waals surface area contributed by atoms with E-state index in [4.69, 9.17) is 20.9 Å². The monoisotopic (exact) mass is 402 g/mol. The van der Waals surface area contributed by atoms with Crippen molar-refractivity contribution in [2.45, 2.75) is 49.9 Å². The van der Waals surface area contributed by atoms with Crippen LogP contribution in [0.3, 0.4) is 0 Å². The zero-order valence-electron chi connectivity index (χ0n) is 16.2. The van der Waals surface area contributed by atoms with Crippen molar-refractivity contribution >= 4 is 17.7 Å². The van der Waals surface area contributed by atoms with Gasteiger partial charge in [0.05, 0.1) is 18.1 Å². The Morgan fingerprint density at radius 3 is 2.45 bits per heavy atom. The van der Waals surface area contributed by atoms with Crippen LogP contribution < -0.4 is 20.9 Å². The number of benzene rings is 1. The van der Waals surface area contributed by atoms with Gasteiger partial charge < -0.3 is 30.7 Å². The van der Waals surface area contributed by atoms with Crippen molar-refractivity contribution in [3.63, 3.8) is 0 Å². The van der Waals surface area contributed by atoms with Gasteiger partial charge in [0.15, 0.2) is 11.5 Å². The van der Waals surface area contributed by atoms with E-state index in [-0.39, 0.29) is 43.3 Å². The molecule has 0 aliphatic carbocycles. The highest BCUT2D eigenvalue weighted by molar-refractivity contribution is 5.84. The molecule has 9 heteroatoms. The molecule has 0 spiro atoms. The minimum absolute atomic E-state index is 0.00644. The molecule has 3 heterocycles. The fraction of sp³-hybridized carbons (Fsp3) is 0.550. The smallest absolute Gasteiger partial charge is 0.267 e.